The summed E-state index contributed by atoms with van der Waals surface area (Å²) in [4.78, 5) is 23.9. The summed E-state index contributed by atoms with van der Waals surface area (Å²) in [5.41, 5.74) is 4.21. The van der Waals surface area contributed by atoms with Gasteiger partial charge < -0.3 is 9.47 Å². The van der Waals surface area contributed by atoms with Crippen molar-refractivity contribution < 1.29 is 19.1 Å². The Balaban J connectivity index is 1.61. The van der Waals surface area contributed by atoms with Gasteiger partial charge in [-0.05, 0) is 41.8 Å². The first-order chi connectivity index (χ1) is 13.5. The van der Waals surface area contributed by atoms with Gasteiger partial charge in [0.1, 0.15) is 11.5 Å². The highest BCUT2D eigenvalue weighted by atomic mass is 16.5. The second-order valence-corrected chi connectivity index (χ2v) is 6.59. The fourth-order valence-electron chi connectivity index (χ4n) is 3.19. The molecule has 0 aromatic heterocycles. The Kier molecular flexibility index (Phi) is 4.53. The summed E-state index contributed by atoms with van der Waals surface area (Å²) in [7, 11) is 0. The van der Waals surface area contributed by atoms with Crippen LogP contribution in [0.3, 0.4) is 0 Å². The van der Waals surface area contributed by atoms with E-state index in [4.69, 9.17) is 9.47 Å². The smallest absolute Gasteiger partial charge is 0.308 e. The highest BCUT2D eigenvalue weighted by Crippen LogP contribution is 2.39. The highest BCUT2D eigenvalue weighted by molar-refractivity contribution is 6.15. The molecule has 0 amide bonds. The molecule has 28 heavy (non-hydrogen) atoms. The average molecular weight is 370 g/mol. The number of ketones is 1. The van der Waals surface area contributed by atoms with Crippen molar-refractivity contribution >= 4 is 17.8 Å². The van der Waals surface area contributed by atoms with Gasteiger partial charge in [0.05, 0.1) is 5.56 Å². The fourth-order valence-corrected chi connectivity index (χ4v) is 3.19. The number of Topliss-reactive ketones (excluding diaryl/α,β-unsaturated/α-hetero) is 1. The van der Waals surface area contributed by atoms with Gasteiger partial charge in [-0.15, -0.1) is 0 Å². The lowest BCUT2D eigenvalue weighted by molar-refractivity contribution is -0.131. The van der Waals surface area contributed by atoms with E-state index >= 15 is 0 Å². The summed E-state index contributed by atoms with van der Waals surface area (Å²) in [6.45, 7) is 3.10. The molecular weight excluding hydrogens is 352 g/mol. The van der Waals surface area contributed by atoms with Gasteiger partial charge in [-0.3, -0.25) is 9.59 Å². The van der Waals surface area contributed by atoms with Crippen molar-refractivity contribution in [3.05, 3.63) is 89.2 Å². The van der Waals surface area contributed by atoms with Gasteiger partial charge in [-0.25, -0.2) is 0 Å². The first-order valence-corrected chi connectivity index (χ1v) is 8.94. The Labute approximate surface area is 163 Å². The monoisotopic (exact) mass is 370 g/mol. The molecule has 138 valence electrons. The molecule has 0 saturated heterocycles. The number of ether oxygens (including phenoxy) is 2. The third-order valence-electron chi connectivity index (χ3n) is 4.61. The molecule has 0 atom stereocenters. The number of benzene rings is 3. The summed E-state index contributed by atoms with van der Waals surface area (Å²) >= 11 is 0. The van der Waals surface area contributed by atoms with Crippen molar-refractivity contribution in [1.29, 1.82) is 0 Å². The van der Waals surface area contributed by atoms with Crippen molar-refractivity contribution in [2.45, 2.75) is 13.8 Å². The summed E-state index contributed by atoms with van der Waals surface area (Å²) < 4.78 is 11.0. The van der Waals surface area contributed by atoms with Crippen LogP contribution in [0.2, 0.25) is 0 Å². The number of rotatable bonds is 3. The molecule has 4 nitrogen and oxygen atoms in total. The van der Waals surface area contributed by atoms with Gasteiger partial charge >= 0.3 is 5.97 Å². The van der Waals surface area contributed by atoms with Crippen LogP contribution in [-0.2, 0) is 4.79 Å². The molecule has 4 rings (SSSR count). The van der Waals surface area contributed by atoms with Crippen LogP contribution in [0.15, 0.2) is 72.5 Å². The van der Waals surface area contributed by atoms with Crippen LogP contribution in [0.1, 0.15) is 28.4 Å². The molecule has 0 saturated carbocycles. The molecular formula is C24H18O4. The quantitative estimate of drug-likeness (QED) is 0.361. The lowest BCUT2D eigenvalue weighted by Crippen LogP contribution is -2.03. The van der Waals surface area contributed by atoms with E-state index in [1.807, 2.05) is 42.5 Å². The number of allylic oxidation sites excluding steroid dienone is 1. The van der Waals surface area contributed by atoms with Gasteiger partial charge in [-0.2, -0.15) is 0 Å². The van der Waals surface area contributed by atoms with Crippen molar-refractivity contribution in [1.82, 2.24) is 0 Å². The van der Waals surface area contributed by atoms with Gasteiger partial charge in [0.25, 0.3) is 0 Å². The SMILES string of the molecule is CC(=O)Oc1ccc2c(c1C)O/C(=C\c1ccc(-c3ccccc3)cc1)C2=O. The molecule has 0 bridgehead atoms. The number of carbonyl (C=O) groups excluding carboxylic acids is 2. The summed E-state index contributed by atoms with van der Waals surface area (Å²) in [6, 6.07) is 21.3. The van der Waals surface area contributed by atoms with Gasteiger partial charge in [0.15, 0.2) is 5.76 Å². The molecule has 1 aliphatic heterocycles. The molecule has 0 aliphatic carbocycles. The average Bonchev–Trinajstić information content (AvgIpc) is 3.01. The molecule has 3 aromatic rings. The number of hydrogen-bond acceptors (Lipinski definition) is 4. The van der Waals surface area contributed by atoms with Crippen LogP contribution in [0.4, 0.5) is 0 Å². The molecule has 1 aliphatic rings. The molecule has 0 fully saturated rings. The zero-order valence-electron chi connectivity index (χ0n) is 15.6. The van der Waals surface area contributed by atoms with Crippen LogP contribution >= 0.6 is 0 Å². The normalized spacial score (nSPS) is 13.9. The predicted molar refractivity (Wildman–Crippen MR) is 107 cm³/mol. The molecule has 1 heterocycles. The van der Waals surface area contributed by atoms with Crippen molar-refractivity contribution in [2.75, 3.05) is 0 Å². The zero-order chi connectivity index (χ0) is 19.7. The van der Waals surface area contributed by atoms with Crippen molar-refractivity contribution in [2.24, 2.45) is 0 Å². The maximum Gasteiger partial charge on any atom is 0.308 e. The number of fused-ring (bicyclic) bond motifs is 1. The minimum Gasteiger partial charge on any atom is -0.452 e. The molecule has 3 aromatic carbocycles. The van der Waals surface area contributed by atoms with Gasteiger partial charge in [0, 0.05) is 12.5 Å². The Morgan fingerprint density at radius 2 is 1.61 bits per heavy atom. The van der Waals surface area contributed by atoms with E-state index in [1.165, 1.54) is 6.92 Å². The van der Waals surface area contributed by atoms with E-state index in [2.05, 4.69) is 12.1 Å². The maximum absolute atomic E-state index is 12.7. The van der Waals surface area contributed by atoms with E-state index in [9.17, 15) is 9.59 Å². The molecule has 0 radical (unpaired) electrons. The molecule has 0 unspecified atom stereocenters. The Bertz CT molecular complexity index is 1090. The lowest BCUT2D eigenvalue weighted by atomic mass is 10.0. The van der Waals surface area contributed by atoms with Crippen LogP contribution in [0.5, 0.6) is 11.5 Å². The Hall–Kier alpha value is -3.66. The summed E-state index contributed by atoms with van der Waals surface area (Å²) in [5, 5.41) is 0. The van der Waals surface area contributed by atoms with Crippen LogP contribution in [0.25, 0.3) is 17.2 Å². The van der Waals surface area contributed by atoms with Crippen LogP contribution in [0, 0.1) is 6.92 Å². The second kappa shape index (κ2) is 7.16. The first-order valence-electron chi connectivity index (χ1n) is 8.94. The zero-order valence-corrected chi connectivity index (χ0v) is 15.6. The van der Waals surface area contributed by atoms with Gasteiger partial charge in [0.2, 0.25) is 5.78 Å². The second-order valence-electron chi connectivity index (χ2n) is 6.59. The summed E-state index contributed by atoms with van der Waals surface area (Å²) in [5.74, 6) is 0.496. The fraction of sp³-hybridized carbons (Fsp3) is 0.0833. The topological polar surface area (TPSA) is 52.6 Å². The standard InChI is InChI=1S/C24H18O4/c1-15-21(27-16(2)25)13-12-20-23(26)22(28-24(15)20)14-17-8-10-19(11-9-17)18-6-4-3-5-7-18/h3-14H,1-2H3/b22-14-. The minimum atomic E-state index is -0.415. The van der Waals surface area contributed by atoms with E-state index in [0.717, 1.165) is 16.7 Å². The molecule has 0 N–H and O–H groups in total. The number of esters is 1. The number of carbonyl (C=O) groups is 2. The first kappa shape index (κ1) is 17.7. The van der Waals surface area contributed by atoms with Crippen LogP contribution < -0.4 is 9.47 Å². The maximum atomic E-state index is 12.7. The van der Waals surface area contributed by atoms with Crippen LogP contribution in [-0.4, -0.2) is 11.8 Å². The minimum absolute atomic E-state index is 0.181. The highest BCUT2D eigenvalue weighted by Gasteiger charge is 2.30. The largest absolute Gasteiger partial charge is 0.452 e. The third-order valence-corrected chi connectivity index (χ3v) is 4.61. The van der Waals surface area contributed by atoms with E-state index < -0.39 is 5.97 Å². The van der Waals surface area contributed by atoms with E-state index in [1.54, 1.807) is 25.1 Å². The van der Waals surface area contributed by atoms with Crippen molar-refractivity contribution in [3.63, 3.8) is 0 Å². The molecule has 4 heteroatoms. The Morgan fingerprint density at radius 3 is 2.29 bits per heavy atom. The molecule has 0 spiro atoms. The Morgan fingerprint density at radius 1 is 0.929 bits per heavy atom. The van der Waals surface area contributed by atoms with E-state index in [-0.39, 0.29) is 11.5 Å². The lowest BCUT2D eigenvalue weighted by Gasteiger charge is -2.08. The van der Waals surface area contributed by atoms with Gasteiger partial charge in [-0.1, -0.05) is 54.6 Å². The predicted octanol–water partition coefficient (Wildman–Crippen LogP) is 5.20. The third kappa shape index (κ3) is 3.32. The summed E-state index contributed by atoms with van der Waals surface area (Å²) in [6.07, 6.45) is 1.72. The van der Waals surface area contributed by atoms with Crippen molar-refractivity contribution in [3.8, 4) is 22.6 Å². The van der Waals surface area contributed by atoms with E-state index in [0.29, 0.717) is 22.6 Å². The number of hydrogen-bond donors (Lipinski definition) is 0.